The lowest BCUT2D eigenvalue weighted by Gasteiger charge is -2.18. The third kappa shape index (κ3) is 4.40. The molecule has 1 amide bonds. The second-order valence-electron chi connectivity index (χ2n) is 5.61. The number of ether oxygens (including phenoxy) is 2. The van der Waals surface area contributed by atoms with E-state index in [0.717, 1.165) is 0 Å². The summed E-state index contributed by atoms with van der Waals surface area (Å²) >= 11 is 0. The lowest BCUT2D eigenvalue weighted by Crippen LogP contribution is -2.30. The van der Waals surface area contributed by atoms with E-state index in [2.05, 4.69) is 5.32 Å². The van der Waals surface area contributed by atoms with Gasteiger partial charge in [-0.2, -0.15) is 4.31 Å². The monoisotopic (exact) mass is 392 g/mol. The van der Waals surface area contributed by atoms with Crippen LogP contribution in [-0.2, 0) is 10.0 Å². The number of methoxy groups -OCH3 is 2. The van der Waals surface area contributed by atoms with Crippen molar-refractivity contribution in [3.63, 3.8) is 0 Å². The van der Waals surface area contributed by atoms with Crippen molar-refractivity contribution in [1.29, 1.82) is 0 Å². The van der Waals surface area contributed by atoms with Crippen molar-refractivity contribution in [1.82, 2.24) is 4.31 Å². The molecule has 0 bridgehead atoms. The number of rotatable bonds is 8. The Morgan fingerprint density at radius 3 is 1.93 bits per heavy atom. The summed E-state index contributed by atoms with van der Waals surface area (Å²) in [7, 11) is -0.598. The van der Waals surface area contributed by atoms with Gasteiger partial charge in [-0.05, 0) is 36.4 Å². The van der Waals surface area contributed by atoms with E-state index in [-0.39, 0.29) is 10.5 Å². The first-order chi connectivity index (χ1) is 12.9. The first-order valence-corrected chi connectivity index (χ1v) is 9.95. The zero-order valence-corrected chi connectivity index (χ0v) is 16.7. The number of carbonyl (C=O) groups is 1. The van der Waals surface area contributed by atoms with Crippen LogP contribution in [0.2, 0.25) is 0 Å². The molecule has 2 aromatic rings. The fourth-order valence-electron chi connectivity index (χ4n) is 2.69. The van der Waals surface area contributed by atoms with Crippen LogP contribution in [0, 0.1) is 0 Å². The van der Waals surface area contributed by atoms with Crippen LogP contribution in [0.3, 0.4) is 0 Å². The summed E-state index contributed by atoms with van der Waals surface area (Å²) < 4.78 is 36.9. The topological polar surface area (TPSA) is 84.9 Å². The largest absolute Gasteiger partial charge is 0.496 e. The number of hydrogen-bond donors (Lipinski definition) is 1. The Balaban J connectivity index is 2.27. The van der Waals surface area contributed by atoms with E-state index in [9.17, 15) is 13.2 Å². The van der Waals surface area contributed by atoms with E-state index in [0.29, 0.717) is 30.3 Å². The van der Waals surface area contributed by atoms with Crippen molar-refractivity contribution in [2.24, 2.45) is 0 Å². The predicted molar refractivity (Wildman–Crippen MR) is 104 cm³/mol. The van der Waals surface area contributed by atoms with Crippen molar-refractivity contribution in [2.45, 2.75) is 18.7 Å². The second-order valence-corrected chi connectivity index (χ2v) is 7.54. The lowest BCUT2D eigenvalue weighted by molar-refractivity contribution is 0.102. The van der Waals surface area contributed by atoms with E-state index < -0.39 is 15.9 Å². The Hall–Kier alpha value is -2.58. The van der Waals surface area contributed by atoms with Gasteiger partial charge in [-0.25, -0.2) is 8.42 Å². The summed E-state index contributed by atoms with van der Waals surface area (Å²) in [6.07, 6.45) is 0. The maximum atomic E-state index is 12.7. The van der Waals surface area contributed by atoms with Gasteiger partial charge >= 0.3 is 0 Å². The van der Waals surface area contributed by atoms with Gasteiger partial charge in [0, 0.05) is 18.8 Å². The van der Waals surface area contributed by atoms with Gasteiger partial charge in [0.1, 0.15) is 17.1 Å². The van der Waals surface area contributed by atoms with E-state index in [1.165, 1.54) is 30.7 Å². The van der Waals surface area contributed by atoms with Crippen LogP contribution in [0.5, 0.6) is 11.5 Å². The number of nitrogens with zero attached hydrogens (tertiary/aromatic N) is 1. The molecule has 0 saturated carbocycles. The number of sulfonamides is 1. The van der Waals surface area contributed by atoms with Gasteiger partial charge < -0.3 is 14.8 Å². The molecule has 0 saturated heterocycles. The minimum Gasteiger partial charge on any atom is -0.496 e. The molecule has 1 N–H and O–H groups in total. The van der Waals surface area contributed by atoms with Crippen molar-refractivity contribution < 1.29 is 22.7 Å². The molecule has 0 aliphatic carbocycles. The molecule has 0 spiro atoms. The Bertz CT molecular complexity index is 869. The summed E-state index contributed by atoms with van der Waals surface area (Å²) in [6, 6.07) is 11.1. The average Bonchev–Trinajstić information content (AvgIpc) is 2.68. The Morgan fingerprint density at radius 2 is 1.48 bits per heavy atom. The third-order valence-electron chi connectivity index (χ3n) is 4.11. The Labute approximate surface area is 160 Å². The van der Waals surface area contributed by atoms with Crippen LogP contribution in [-0.4, -0.2) is 45.9 Å². The minimum absolute atomic E-state index is 0.180. The molecule has 0 radical (unpaired) electrons. The number of amides is 1. The van der Waals surface area contributed by atoms with Gasteiger partial charge in [0.05, 0.1) is 19.1 Å². The van der Waals surface area contributed by atoms with E-state index in [1.807, 2.05) is 0 Å². The van der Waals surface area contributed by atoms with Gasteiger partial charge in [0.25, 0.3) is 5.91 Å². The van der Waals surface area contributed by atoms with Crippen LogP contribution in [0.4, 0.5) is 5.69 Å². The van der Waals surface area contributed by atoms with Crippen LogP contribution in [0.25, 0.3) is 0 Å². The fraction of sp³-hybridized carbons (Fsp3) is 0.316. The molecule has 0 aromatic heterocycles. The maximum absolute atomic E-state index is 12.7. The SMILES string of the molecule is CCN(CC)S(=O)(=O)c1ccc(NC(=O)c2c(OC)cccc2OC)cc1. The molecule has 146 valence electrons. The molecule has 0 heterocycles. The van der Waals surface area contributed by atoms with E-state index >= 15 is 0 Å². The molecule has 8 heteroatoms. The Kier molecular flexibility index (Phi) is 6.81. The van der Waals surface area contributed by atoms with Crippen molar-refractivity contribution in [2.75, 3.05) is 32.6 Å². The molecular formula is C19H24N2O5S. The highest BCUT2D eigenvalue weighted by atomic mass is 32.2. The van der Waals surface area contributed by atoms with Gasteiger partial charge in [0.2, 0.25) is 10.0 Å². The first kappa shape index (κ1) is 20.7. The third-order valence-corrected chi connectivity index (χ3v) is 6.17. The number of anilines is 1. The van der Waals surface area contributed by atoms with Gasteiger partial charge in [-0.15, -0.1) is 0 Å². The number of benzene rings is 2. The van der Waals surface area contributed by atoms with Crippen molar-refractivity contribution in [3.8, 4) is 11.5 Å². The fourth-order valence-corrected chi connectivity index (χ4v) is 4.15. The molecule has 2 aromatic carbocycles. The normalized spacial score (nSPS) is 11.3. The minimum atomic E-state index is -3.54. The van der Waals surface area contributed by atoms with Gasteiger partial charge in [-0.3, -0.25) is 4.79 Å². The molecule has 0 aliphatic heterocycles. The van der Waals surface area contributed by atoms with Crippen LogP contribution in [0.15, 0.2) is 47.4 Å². The van der Waals surface area contributed by atoms with Crippen molar-refractivity contribution in [3.05, 3.63) is 48.0 Å². The van der Waals surface area contributed by atoms with Gasteiger partial charge in [0.15, 0.2) is 0 Å². The zero-order valence-electron chi connectivity index (χ0n) is 15.9. The average molecular weight is 392 g/mol. The van der Waals surface area contributed by atoms with Crippen molar-refractivity contribution >= 4 is 21.6 Å². The quantitative estimate of drug-likeness (QED) is 0.746. The lowest BCUT2D eigenvalue weighted by atomic mass is 10.1. The first-order valence-electron chi connectivity index (χ1n) is 8.51. The molecule has 0 unspecified atom stereocenters. The highest BCUT2D eigenvalue weighted by molar-refractivity contribution is 7.89. The molecule has 2 rings (SSSR count). The molecule has 27 heavy (non-hydrogen) atoms. The van der Waals surface area contributed by atoms with Crippen LogP contribution in [0.1, 0.15) is 24.2 Å². The van der Waals surface area contributed by atoms with Crippen LogP contribution < -0.4 is 14.8 Å². The number of hydrogen-bond acceptors (Lipinski definition) is 5. The predicted octanol–water partition coefficient (Wildman–Crippen LogP) is 2.99. The smallest absolute Gasteiger partial charge is 0.263 e. The Morgan fingerprint density at radius 1 is 0.963 bits per heavy atom. The summed E-state index contributed by atoms with van der Waals surface area (Å²) in [5.74, 6) is 0.351. The summed E-state index contributed by atoms with van der Waals surface area (Å²) in [5.41, 5.74) is 0.730. The summed E-state index contributed by atoms with van der Waals surface area (Å²) in [5, 5.41) is 2.74. The van der Waals surface area contributed by atoms with Crippen LogP contribution >= 0.6 is 0 Å². The molecule has 0 fully saturated rings. The highest BCUT2D eigenvalue weighted by Crippen LogP contribution is 2.29. The molecule has 7 nitrogen and oxygen atoms in total. The van der Waals surface area contributed by atoms with Gasteiger partial charge in [-0.1, -0.05) is 19.9 Å². The maximum Gasteiger partial charge on any atom is 0.263 e. The highest BCUT2D eigenvalue weighted by Gasteiger charge is 2.22. The number of nitrogens with one attached hydrogen (secondary N) is 1. The van der Waals surface area contributed by atoms with E-state index in [4.69, 9.17) is 9.47 Å². The summed E-state index contributed by atoms with van der Waals surface area (Å²) in [4.78, 5) is 12.8. The zero-order chi connectivity index (χ0) is 20.0. The van der Waals surface area contributed by atoms with E-state index in [1.54, 1.807) is 44.2 Å². The summed E-state index contributed by atoms with van der Waals surface area (Å²) in [6.45, 7) is 4.36. The number of carbonyl (C=O) groups excluding carboxylic acids is 1. The standard InChI is InChI=1S/C19H24N2O5S/c1-5-21(6-2)27(23,24)15-12-10-14(11-13-15)20-19(22)18-16(25-3)8-7-9-17(18)26-4/h7-13H,5-6H2,1-4H3,(H,20,22). The second kappa shape index (κ2) is 8.88. The molecule has 0 aliphatic rings. The molecular weight excluding hydrogens is 368 g/mol. The molecule has 0 atom stereocenters.